The normalized spacial score (nSPS) is 14.6. The predicted molar refractivity (Wildman–Crippen MR) is 98.8 cm³/mol. The summed E-state index contributed by atoms with van der Waals surface area (Å²) in [6, 6.07) is 13.5. The average molecular weight is 370 g/mol. The fourth-order valence-electron chi connectivity index (χ4n) is 3.01. The maximum atomic E-state index is 12.8. The summed E-state index contributed by atoms with van der Waals surface area (Å²) < 4.78 is 11.2. The zero-order chi connectivity index (χ0) is 19.2. The number of nitrogens with two attached hydrogens (primary N) is 1. The van der Waals surface area contributed by atoms with Crippen LogP contribution in [0.1, 0.15) is 23.2 Å². The van der Waals surface area contributed by atoms with Crippen LogP contribution in [0.2, 0.25) is 0 Å². The Morgan fingerprint density at radius 1 is 1.11 bits per heavy atom. The summed E-state index contributed by atoms with van der Waals surface area (Å²) in [4.78, 5) is 25.5. The number of amides is 2. The van der Waals surface area contributed by atoms with Gasteiger partial charge in [-0.15, -0.1) is 0 Å². The lowest BCUT2D eigenvalue weighted by molar-refractivity contribution is -0.119. The van der Waals surface area contributed by atoms with Gasteiger partial charge in [0.25, 0.3) is 11.8 Å². The summed E-state index contributed by atoms with van der Waals surface area (Å²) in [6.07, 6.45) is 1.36. The highest BCUT2D eigenvalue weighted by Gasteiger charge is 2.26. The van der Waals surface area contributed by atoms with Gasteiger partial charge in [0.2, 0.25) is 0 Å². The van der Waals surface area contributed by atoms with Gasteiger partial charge in [0.15, 0.2) is 6.61 Å². The Morgan fingerprint density at radius 3 is 2.56 bits per heavy atom. The molecule has 1 saturated heterocycles. The Hall–Kier alpha value is -3.22. The molecule has 2 amide bonds. The summed E-state index contributed by atoms with van der Waals surface area (Å²) in [5.41, 5.74) is 5.52. The fraction of sp³-hybridized carbons (Fsp3) is 0.300. The average Bonchev–Trinajstić information content (AvgIpc) is 2.67. The van der Waals surface area contributed by atoms with Crippen LogP contribution in [0.3, 0.4) is 0 Å². The monoisotopic (exact) mass is 370 g/mol. The Balaban J connectivity index is 1.59. The molecule has 0 atom stereocenters. The minimum atomic E-state index is -0.595. The van der Waals surface area contributed by atoms with Crippen LogP contribution in [0, 0.1) is 0 Å². The minimum Gasteiger partial charge on any atom is -0.508 e. The molecule has 0 spiro atoms. The molecule has 2 aromatic carbocycles. The SMILES string of the molecule is NC(=O)COc1ccccc1C(=O)N1CCC(Oc2cccc(O)c2)CC1. The van der Waals surface area contributed by atoms with Gasteiger partial charge in [0.05, 0.1) is 5.56 Å². The van der Waals surface area contributed by atoms with Crippen molar-refractivity contribution in [2.45, 2.75) is 18.9 Å². The van der Waals surface area contributed by atoms with E-state index in [1.807, 2.05) is 0 Å². The van der Waals surface area contributed by atoms with Gasteiger partial charge in [-0.2, -0.15) is 0 Å². The first-order valence-corrected chi connectivity index (χ1v) is 8.78. The first-order valence-electron chi connectivity index (χ1n) is 8.78. The molecule has 0 unspecified atom stereocenters. The van der Waals surface area contributed by atoms with Gasteiger partial charge in [0.1, 0.15) is 23.4 Å². The number of hydrogen-bond donors (Lipinski definition) is 2. The molecule has 0 aliphatic carbocycles. The topological polar surface area (TPSA) is 102 Å². The number of aromatic hydroxyl groups is 1. The van der Waals surface area contributed by atoms with Crippen LogP contribution < -0.4 is 15.2 Å². The summed E-state index contributed by atoms with van der Waals surface area (Å²) in [5.74, 6) is 0.380. The zero-order valence-corrected chi connectivity index (χ0v) is 14.8. The van der Waals surface area contributed by atoms with E-state index in [1.54, 1.807) is 53.4 Å². The van der Waals surface area contributed by atoms with Crippen molar-refractivity contribution in [1.29, 1.82) is 0 Å². The van der Waals surface area contributed by atoms with E-state index in [0.717, 1.165) is 0 Å². The lowest BCUT2D eigenvalue weighted by atomic mass is 10.1. The maximum absolute atomic E-state index is 12.8. The molecule has 142 valence electrons. The smallest absolute Gasteiger partial charge is 0.257 e. The Kier molecular flexibility index (Phi) is 5.80. The number of hydrogen-bond acceptors (Lipinski definition) is 5. The third-order valence-electron chi connectivity index (χ3n) is 4.34. The van der Waals surface area contributed by atoms with Crippen molar-refractivity contribution >= 4 is 11.8 Å². The van der Waals surface area contributed by atoms with Gasteiger partial charge in [0, 0.05) is 32.0 Å². The number of phenolic OH excluding ortho intramolecular Hbond substituents is 1. The van der Waals surface area contributed by atoms with Crippen molar-refractivity contribution in [3.63, 3.8) is 0 Å². The molecular weight excluding hydrogens is 348 g/mol. The molecule has 7 nitrogen and oxygen atoms in total. The van der Waals surface area contributed by atoms with Crippen molar-refractivity contribution in [2.24, 2.45) is 5.73 Å². The zero-order valence-electron chi connectivity index (χ0n) is 14.8. The van der Waals surface area contributed by atoms with Crippen LogP contribution in [0.15, 0.2) is 48.5 Å². The van der Waals surface area contributed by atoms with E-state index < -0.39 is 5.91 Å². The molecule has 7 heteroatoms. The molecule has 2 aromatic rings. The second kappa shape index (κ2) is 8.44. The number of piperidine rings is 1. The second-order valence-electron chi connectivity index (χ2n) is 6.36. The summed E-state index contributed by atoms with van der Waals surface area (Å²) in [5, 5.41) is 9.51. The Bertz CT molecular complexity index is 816. The van der Waals surface area contributed by atoms with E-state index in [2.05, 4.69) is 0 Å². The van der Waals surface area contributed by atoms with Gasteiger partial charge >= 0.3 is 0 Å². The Labute approximate surface area is 157 Å². The molecule has 1 fully saturated rings. The number of primary amides is 1. The second-order valence-corrected chi connectivity index (χ2v) is 6.36. The molecule has 27 heavy (non-hydrogen) atoms. The fourth-order valence-corrected chi connectivity index (χ4v) is 3.01. The van der Waals surface area contributed by atoms with E-state index in [1.165, 1.54) is 0 Å². The van der Waals surface area contributed by atoms with Crippen LogP contribution in [0.5, 0.6) is 17.2 Å². The molecule has 1 heterocycles. The number of nitrogens with zero attached hydrogens (tertiary/aromatic N) is 1. The number of benzene rings is 2. The third-order valence-corrected chi connectivity index (χ3v) is 4.34. The summed E-state index contributed by atoms with van der Waals surface area (Å²) in [7, 11) is 0. The van der Waals surface area contributed by atoms with Gasteiger partial charge in [-0.1, -0.05) is 18.2 Å². The molecule has 3 N–H and O–H groups in total. The van der Waals surface area contributed by atoms with Crippen LogP contribution in [0.4, 0.5) is 0 Å². The van der Waals surface area contributed by atoms with Crippen molar-refractivity contribution in [3.05, 3.63) is 54.1 Å². The lowest BCUT2D eigenvalue weighted by Gasteiger charge is -2.32. The maximum Gasteiger partial charge on any atom is 0.257 e. The first-order chi connectivity index (χ1) is 13.0. The van der Waals surface area contributed by atoms with Crippen LogP contribution >= 0.6 is 0 Å². The van der Waals surface area contributed by atoms with Crippen molar-refractivity contribution in [3.8, 4) is 17.2 Å². The number of carbonyl (C=O) groups excluding carboxylic acids is 2. The van der Waals surface area contributed by atoms with Crippen molar-refractivity contribution < 1.29 is 24.2 Å². The number of likely N-dealkylation sites (tertiary alicyclic amines) is 1. The number of para-hydroxylation sites is 1. The van der Waals surface area contributed by atoms with Gasteiger partial charge in [-0.25, -0.2) is 0 Å². The van der Waals surface area contributed by atoms with E-state index in [-0.39, 0.29) is 24.4 Å². The number of rotatable bonds is 6. The van der Waals surface area contributed by atoms with E-state index in [0.29, 0.717) is 43.0 Å². The van der Waals surface area contributed by atoms with Gasteiger partial charge < -0.3 is 25.2 Å². The van der Waals surface area contributed by atoms with Crippen molar-refractivity contribution in [2.75, 3.05) is 19.7 Å². The van der Waals surface area contributed by atoms with E-state index in [4.69, 9.17) is 15.2 Å². The largest absolute Gasteiger partial charge is 0.508 e. The lowest BCUT2D eigenvalue weighted by Crippen LogP contribution is -2.42. The standard InChI is InChI=1S/C20H22N2O5/c21-19(24)13-26-18-7-2-1-6-17(18)20(25)22-10-8-15(9-11-22)27-16-5-3-4-14(23)12-16/h1-7,12,15,23H,8-11,13H2,(H2,21,24). The number of ether oxygens (including phenoxy) is 2. The van der Waals surface area contributed by atoms with Crippen LogP contribution in [0.25, 0.3) is 0 Å². The van der Waals surface area contributed by atoms with Crippen molar-refractivity contribution in [1.82, 2.24) is 4.90 Å². The Morgan fingerprint density at radius 2 is 1.85 bits per heavy atom. The summed E-state index contributed by atoms with van der Waals surface area (Å²) >= 11 is 0. The highest BCUT2D eigenvalue weighted by Crippen LogP contribution is 2.25. The minimum absolute atomic E-state index is 0.0165. The number of phenols is 1. The third kappa shape index (κ3) is 4.91. The quantitative estimate of drug-likeness (QED) is 0.809. The highest BCUT2D eigenvalue weighted by molar-refractivity contribution is 5.97. The van der Waals surface area contributed by atoms with Crippen LogP contribution in [-0.4, -0.2) is 47.6 Å². The van der Waals surface area contributed by atoms with Crippen LogP contribution in [-0.2, 0) is 4.79 Å². The molecule has 0 saturated carbocycles. The van der Waals surface area contributed by atoms with Gasteiger partial charge in [-0.3, -0.25) is 9.59 Å². The molecule has 0 radical (unpaired) electrons. The van der Waals surface area contributed by atoms with E-state index >= 15 is 0 Å². The molecule has 0 bridgehead atoms. The summed E-state index contributed by atoms with van der Waals surface area (Å²) in [6.45, 7) is 0.822. The van der Waals surface area contributed by atoms with Gasteiger partial charge in [-0.05, 0) is 24.3 Å². The predicted octanol–water partition coefficient (Wildman–Crippen LogP) is 1.94. The first kappa shape index (κ1) is 18.6. The molecule has 0 aromatic heterocycles. The molecule has 3 rings (SSSR count). The van der Waals surface area contributed by atoms with E-state index in [9.17, 15) is 14.7 Å². The molecule has 1 aliphatic rings. The number of carbonyl (C=O) groups is 2. The highest BCUT2D eigenvalue weighted by atomic mass is 16.5. The molecular formula is C20H22N2O5. The molecule has 1 aliphatic heterocycles.